The van der Waals surface area contributed by atoms with Crippen molar-refractivity contribution in [2.24, 2.45) is 5.73 Å². The van der Waals surface area contributed by atoms with Crippen molar-refractivity contribution in [3.05, 3.63) is 53.6 Å². The number of primary amides is 1. The van der Waals surface area contributed by atoms with Gasteiger partial charge in [-0.05, 0) is 43.7 Å². The highest BCUT2D eigenvalue weighted by Gasteiger charge is 2.16. The van der Waals surface area contributed by atoms with E-state index in [1.165, 1.54) is 0 Å². The summed E-state index contributed by atoms with van der Waals surface area (Å²) in [6.45, 7) is 3.57. The summed E-state index contributed by atoms with van der Waals surface area (Å²) in [6, 6.07) is 10.8. The van der Waals surface area contributed by atoms with E-state index in [1.54, 1.807) is 49.4 Å². The first kappa shape index (κ1) is 20.4. The molecule has 0 aromatic heterocycles. The van der Waals surface area contributed by atoms with Crippen LogP contribution in [0.15, 0.2) is 47.4 Å². The first-order valence-electron chi connectivity index (χ1n) is 8.21. The highest BCUT2D eigenvalue weighted by Crippen LogP contribution is 2.17. The van der Waals surface area contributed by atoms with E-state index in [-0.39, 0.29) is 23.8 Å². The van der Waals surface area contributed by atoms with E-state index in [4.69, 9.17) is 5.73 Å². The second kappa shape index (κ2) is 8.65. The molecule has 9 heteroatoms. The molecule has 5 N–H and O–H groups in total. The molecule has 0 atom stereocenters. The number of rotatable bonds is 7. The van der Waals surface area contributed by atoms with Crippen LogP contribution < -0.4 is 21.1 Å². The van der Waals surface area contributed by atoms with Crippen LogP contribution in [0.3, 0.4) is 0 Å². The number of nitrogens with two attached hydrogens (primary N) is 1. The van der Waals surface area contributed by atoms with E-state index in [2.05, 4.69) is 15.4 Å². The first-order chi connectivity index (χ1) is 12.7. The van der Waals surface area contributed by atoms with Crippen molar-refractivity contribution < 1.29 is 18.0 Å². The Morgan fingerprint density at radius 2 is 1.67 bits per heavy atom. The summed E-state index contributed by atoms with van der Waals surface area (Å²) >= 11 is 0. The fraction of sp³-hybridized carbons (Fsp3) is 0.222. The van der Waals surface area contributed by atoms with Gasteiger partial charge >= 0.3 is 6.03 Å². The van der Waals surface area contributed by atoms with Crippen molar-refractivity contribution in [3.63, 3.8) is 0 Å². The van der Waals surface area contributed by atoms with Gasteiger partial charge < -0.3 is 16.4 Å². The van der Waals surface area contributed by atoms with Gasteiger partial charge in [-0.15, -0.1) is 0 Å². The number of urea groups is 1. The fourth-order valence-corrected chi connectivity index (χ4v) is 3.77. The Kier molecular flexibility index (Phi) is 6.54. The number of hydrogen-bond acceptors (Lipinski definition) is 4. The third-order valence-corrected chi connectivity index (χ3v) is 5.30. The Morgan fingerprint density at radius 3 is 2.30 bits per heavy atom. The predicted octanol–water partition coefficient (Wildman–Crippen LogP) is 2.10. The molecule has 0 spiro atoms. The third-order valence-electron chi connectivity index (χ3n) is 3.68. The lowest BCUT2D eigenvalue weighted by atomic mass is 10.2. The second-order valence-corrected chi connectivity index (χ2v) is 7.77. The van der Waals surface area contributed by atoms with Crippen molar-refractivity contribution in [3.8, 4) is 0 Å². The molecule has 0 radical (unpaired) electrons. The molecule has 0 saturated heterocycles. The molecule has 8 nitrogen and oxygen atoms in total. The molecule has 3 amide bonds. The maximum absolute atomic E-state index is 12.4. The van der Waals surface area contributed by atoms with Gasteiger partial charge in [0.1, 0.15) is 0 Å². The monoisotopic (exact) mass is 390 g/mol. The predicted molar refractivity (Wildman–Crippen MR) is 104 cm³/mol. The molecule has 2 rings (SSSR count). The molecule has 0 aliphatic rings. The van der Waals surface area contributed by atoms with Crippen molar-refractivity contribution >= 4 is 33.3 Å². The normalized spacial score (nSPS) is 11.0. The standard InChI is InChI=1S/C18H22N4O4S/c1-12-6-7-16(13(2)10-12)27(25,26)20-9-8-17(23)21-14-4-3-5-15(11-14)22-18(19)24/h3-7,10-11,20H,8-9H2,1-2H3,(H,21,23)(H3,19,22,24). The van der Waals surface area contributed by atoms with Crippen LogP contribution in [0, 0.1) is 13.8 Å². The molecular weight excluding hydrogens is 368 g/mol. The summed E-state index contributed by atoms with van der Waals surface area (Å²) in [5.41, 5.74) is 7.56. The van der Waals surface area contributed by atoms with Crippen molar-refractivity contribution in [2.45, 2.75) is 25.2 Å². The molecule has 27 heavy (non-hydrogen) atoms. The van der Waals surface area contributed by atoms with Gasteiger partial charge in [-0.3, -0.25) is 4.79 Å². The zero-order chi connectivity index (χ0) is 20.0. The van der Waals surface area contributed by atoms with Gasteiger partial charge in [0.2, 0.25) is 15.9 Å². The Balaban J connectivity index is 1.91. The van der Waals surface area contributed by atoms with Crippen LogP contribution in [0.5, 0.6) is 0 Å². The molecule has 2 aromatic carbocycles. The van der Waals surface area contributed by atoms with Gasteiger partial charge in [-0.25, -0.2) is 17.9 Å². The van der Waals surface area contributed by atoms with E-state index >= 15 is 0 Å². The van der Waals surface area contributed by atoms with E-state index in [0.29, 0.717) is 16.9 Å². The molecule has 0 unspecified atom stereocenters. The minimum atomic E-state index is -3.69. The van der Waals surface area contributed by atoms with Gasteiger partial charge in [0, 0.05) is 24.3 Å². The van der Waals surface area contributed by atoms with Gasteiger partial charge in [0.15, 0.2) is 0 Å². The number of anilines is 2. The summed E-state index contributed by atoms with van der Waals surface area (Å²) in [5.74, 6) is -0.366. The van der Waals surface area contributed by atoms with Gasteiger partial charge in [-0.2, -0.15) is 0 Å². The zero-order valence-corrected chi connectivity index (χ0v) is 15.9. The number of nitrogens with one attached hydrogen (secondary N) is 3. The molecule has 0 fully saturated rings. The summed E-state index contributed by atoms with van der Waals surface area (Å²) in [4.78, 5) is 23.1. The SMILES string of the molecule is Cc1ccc(S(=O)(=O)NCCC(=O)Nc2cccc(NC(N)=O)c2)c(C)c1. The number of hydrogen-bond donors (Lipinski definition) is 4. The fourth-order valence-electron chi connectivity index (χ4n) is 2.52. The molecule has 0 heterocycles. The average molecular weight is 390 g/mol. The number of benzene rings is 2. The number of carbonyl (C=O) groups excluding carboxylic acids is 2. The molecule has 0 bridgehead atoms. The van der Waals surface area contributed by atoms with Crippen LogP contribution in [-0.4, -0.2) is 26.9 Å². The Labute approximate surface area is 158 Å². The van der Waals surface area contributed by atoms with Crippen molar-refractivity contribution in [1.82, 2.24) is 4.72 Å². The Hall–Kier alpha value is -2.91. The summed E-state index contributed by atoms with van der Waals surface area (Å²) in [5, 5.41) is 5.04. The van der Waals surface area contributed by atoms with Crippen LogP contribution in [0.4, 0.5) is 16.2 Å². The highest BCUT2D eigenvalue weighted by molar-refractivity contribution is 7.89. The third kappa shape index (κ3) is 6.08. The molecular formula is C18H22N4O4S. The molecule has 144 valence electrons. The van der Waals surface area contributed by atoms with Crippen LogP contribution in [0.25, 0.3) is 0 Å². The second-order valence-electron chi connectivity index (χ2n) is 6.03. The lowest BCUT2D eigenvalue weighted by Crippen LogP contribution is -2.28. The molecule has 0 saturated carbocycles. The number of carbonyl (C=O) groups is 2. The number of aryl methyl sites for hydroxylation is 2. The summed E-state index contributed by atoms with van der Waals surface area (Å²) in [6.07, 6.45) is -0.0440. The minimum Gasteiger partial charge on any atom is -0.351 e. The zero-order valence-electron chi connectivity index (χ0n) is 15.1. The van der Waals surface area contributed by atoms with Crippen LogP contribution >= 0.6 is 0 Å². The Bertz CT molecular complexity index is 958. The number of amides is 3. The van der Waals surface area contributed by atoms with E-state index in [1.807, 2.05) is 6.92 Å². The topological polar surface area (TPSA) is 130 Å². The van der Waals surface area contributed by atoms with Crippen molar-refractivity contribution in [2.75, 3.05) is 17.2 Å². The number of sulfonamides is 1. The van der Waals surface area contributed by atoms with Crippen LogP contribution in [0.1, 0.15) is 17.5 Å². The average Bonchev–Trinajstić information content (AvgIpc) is 2.53. The molecule has 0 aliphatic carbocycles. The molecule has 0 aliphatic heterocycles. The Morgan fingerprint density at radius 1 is 1.00 bits per heavy atom. The van der Waals surface area contributed by atoms with Gasteiger partial charge in [0.05, 0.1) is 4.90 Å². The molecule has 2 aromatic rings. The highest BCUT2D eigenvalue weighted by atomic mass is 32.2. The minimum absolute atomic E-state index is 0.0410. The smallest absolute Gasteiger partial charge is 0.316 e. The lowest BCUT2D eigenvalue weighted by Gasteiger charge is -2.10. The first-order valence-corrected chi connectivity index (χ1v) is 9.69. The van der Waals surface area contributed by atoms with Crippen LogP contribution in [-0.2, 0) is 14.8 Å². The summed E-state index contributed by atoms with van der Waals surface area (Å²) in [7, 11) is -3.69. The quantitative estimate of drug-likeness (QED) is 0.577. The van der Waals surface area contributed by atoms with Crippen molar-refractivity contribution in [1.29, 1.82) is 0 Å². The van der Waals surface area contributed by atoms with E-state index < -0.39 is 16.1 Å². The lowest BCUT2D eigenvalue weighted by molar-refractivity contribution is -0.116. The van der Waals surface area contributed by atoms with E-state index in [9.17, 15) is 18.0 Å². The maximum atomic E-state index is 12.4. The van der Waals surface area contributed by atoms with Gasteiger partial charge in [0.25, 0.3) is 0 Å². The van der Waals surface area contributed by atoms with Gasteiger partial charge in [-0.1, -0.05) is 23.8 Å². The summed E-state index contributed by atoms with van der Waals surface area (Å²) < 4.78 is 27.1. The van der Waals surface area contributed by atoms with E-state index in [0.717, 1.165) is 5.56 Å². The maximum Gasteiger partial charge on any atom is 0.316 e. The van der Waals surface area contributed by atoms with Crippen LogP contribution in [0.2, 0.25) is 0 Å². The largest absolute Gasteiger partial charge is 0.351 e.